The second-order valence-corrected chi connectivity index (χ2v) is 8.97. The van der Waals surface area contributed by atoms with Gasteiger partial charge in [0, 0.05) is 26.1 Å². The second kappa shape index (κ2) is 9.43. The van der Waals surface area contributed by atoms with Crippen molar-refractivity contribution in [3.8, 4) is 0 Å². The monoisotopic (exact) mass is 386 g/mol. The molecule has 1 aliphatic heterocycles. The molecule has 1 aromatic rings. The molecule has 6 nitrogen and oxygen atoms in total. The van der Waals surface area contributed by atoms with E-state index in [1.807, 2.05) is 0 Å². The van der Waals surface area contributed by atoms with E-state index in [4.69, 9.17) is 10.5 Å². The van der Waals surface area contributed by atoms with E-state index in [0.29, 0.717) is 26.2 Å². The van der Waals surface area contributed by atoms with Gasteiger partial charge in [-0.05, 0) is 57.0 Å². The zero-order chi connectivity index (χ0) is 19.2. The molecule has 1 aromatic carbocycles. The Kier molecular flexibility index (Phi) is 7.55. The molecule has 0 aliphatic carbocycles. The van der Waals surface area contributed by atoms with Crippen LogP contribution >= 0.6 is 0 Å². The van der Waals surface area contributed by atoms with Crippen LogP contribution in [-0.4, -0.2) is 56.8 Å². The molecule has 0 bridgehead atoms. The third-order valence-corrected chi connectivity index (χ3v) is 6.79. The molecule has 1 saturated heterocycles. The van der Waals surface area contributed by atoms with Crippen LogP contribution < -0.4 is 5.73 Å². The highest BCUT2D eigenvalue weighted by molar-refractivity contribution is 7.92. The average Bonchev–Trinajstić information content (AvgIpc) is 2.62. The number of halogens is 1. The zero-order valence-corrected chi connectivity index (χ0v) is 15.9. The minimum Gasteiger partial charge on any atom is -0.378 e. The van der Waals surface area contributed by atoms with Crippen molar-refractivity contribution in [3.05, 3.63) is 30.1 Å². The number of hydrogen-bond donors (Lipinski definition) is 1. The van der Waals surface area contributed by atoms with E-state index in [0.717, 1.165) is 31.4 Å². The molecule has 1 amide bonds. The number of amides is 1. The smallest absolute Gasteiger partial charge is 0.223 e. The SMILES string of the molecule is CC(CC(=O)N1CCC(OCCCN)CC1)S(=O)(=O)c1ccc(F)cc1. The summed E-state index contributed by atoms with van der Waals surface area (Å²) in [5.41, 5.74) is 5.44. The number of rotatable bonds is 8. The summed E-state index contributed by atoms with van der Waals surface area (Å²) in [7, 11) is -3.67. The van der Waals surface area contributed by atoms with E-state index in [2.05, 4.69) is 0 Å². The summed E-state index contributed by atoms with van der Waals surface area (Å²) in [6.07, 6.45) is 2.35. The Labute approximate surface area is 154 Å². The van der Waals surface area contributed by atoms with Gasteiger partial charge in [0.15, 0.2) is 9.84 Å². The van der Waals surface area contributed by atoms with Gasteiger partial charge in [-0.15, -0.1) is 0 Å². The Balaban J connectivity index is 1.86. The van der Waals surface area contributed by atoms with Gasteiger partial charge in [0.25, 0.3) is 0 Å². The number of nitrogens with zero attached hydrogens (tertiary/aromatic N) is 1. The number of carbonyl (C=O) groups is 1. The number of benzene rings is 1. The molecule has 1 heterocycles. The first-order chi connectivity index (χ1) is 12.3. The van der Waals surface area contributed by atoms with Crippen LogP contribution in [0.4, 0.5) is 4.39 Å². The van der Waals surface area contributed by atoms with Crippen LogP contribution in [-0.2, 0) is 19.4 Å². The Morgan fingerprint density at radius 1 is 1.31 bits per heavy atom. The summed E-state index contributed by atoms with van der Waals surface area (Å²) in [5, 5.41) is -0.862. The normalized spacial score (nSPS) is 17.3. The van der Waals surface area contributed by atoms with Crippen LogP contribution in [0.3, 0.4) is 0 Å². The number of sulfone groups is 1. The number of nitrogens with two attached hydrogens (primary N) is 1. The maximum Gasteiger partial charge on any atom is 0.223 e. The van der Waals surface area contributed by atoms with Gasteiger partial charge in [-0.2, -0.15) is 0 Å². The molecule has 8 heteroatoms. The Morgan fingerprint density at radius 2 is 1.92 bits per heavy atom. The fraction of sp³-hybridized carbons (Fsp3) is 0.611. The Morgan fingerprint density at radius 3 is 2.50 bits per heavy atom. The molecular formula is C18H27FN2O4S. The predicted octanol–water partition coefficient (Wildman–Crippen LogP) is 1.73. The molecule has 146 valence electrons. The van der Waals surface area contributed by atoms with Crippen LogP contribution in [0.5, 0.6) is 0 Å². The van der Waals surface area contributed by atoms with Crippen molar-refractivity contribution in [2.75, 3.05) is 26.2 Å². The van der Waals surface area contributed by atoms with Crippen LogP contribution in [0.2, 0.25) is 0 Å². The molecule has 0 aromatic heterocycles. The molecular weight excluding hydrogens is 359 g/mol. The van der Waals surface area contributed by atoms with E-state index < -0.39 is 20.9 Å². The van der Waals surface area contributed by atoms with Gasteiger partial charge in [-0.25, -0.2) is 12.8 Å². The van der Waals surface area contributed by atoms with E-state index in [-0.39, 0.29) is 23.3 Å². The topological polar surface area (TPSA) is 89.7 Å². The summed E-state index contributed by atoms with van der Waals surface area (Å²) in [6, 6.07) is 4.68. The largest absolute Gasteiger partial charge is 0.378 e. The van der Waals surface area contributed by atoms with Crippen molar-refractivity contribution in [2.45, 2.75) is 48.9 Å². The van der Waals surface area contributed by atoms with Gasteiger partial charge in [0.05, 0.1) is 16.2 Å². The van der Waals surface area contributed by atoms with E-state index >= 15 is 0 Å². The number of likely N-dealkylation sites (tertiary alicyclic amines) is 1. The van der Waals surface area contributed by atoms with Gasteiger partial charge < -0.3 is 15.4 Å². The molecule has 1 aliphatic rings. The zero-order valence-electron chi connectivity index (χ0n) is 15.1. The first-order valence-electron chi connectivity index (χ1n) is 8.93. The average molecular weight is 386 g/mol. The quantitative estimate of drug-likeness (QED) is 0.543. The fourth-order valence-corrected chi connectivity index (χ4v) is 4.29. The van der Waals surface area contributed by atoms with Crippen LogP contribution in [0.15, 0.2) is 29.2 Å². The molecule has 0 spiro atoms. The summed E-state index contributed by atoms with van der Waals surface area (Å²) in [4.78, 5) is 14.2. The third kappa shape index (κ3) is 5.49. The highest BCUT2D eigenvalue weighted by Gasteiger charge is 2.29. The summed E-state index contributed by atoms with van der Waals surface area (Å²) >= 11 is 0. The van der Waals surface area contributed by atoms with E-state index in [9.17, 15) is 17.6 Å². The van der Waals surface area contributed by atoms with Crippen LogP contribution in [0, 0.1) is 5.82 Å². The fourth-order valence-electron chi connectivity index (χ4n) is 2.95. The molecule has 2 rings (SSSR count). The molecule has 0 saturated carbocycles. The van der Waals surface area contributed by atoms with Gasteiger partial charge >= 0.3 is 0 Å². The maximum absolute atomic E-state index is 13.0. The Hall–Kier alpha value is -1.51. The second-order valence-electron chi connectivity index (χ2n) is 6.61. The molecule has 1 atom stereocenters. The molecule has 26 heavy (non-hydrogen) atoms. The van der Waals surface area contributed by atoms with E-state index in [1.165, 1.54) is 19.1 Å². The lowest BCUT2D eigenvalue weighted by Crippen LogP contribution is -2.42. The van der Waals surface area contributed by atoms with Gasteiger partial charge in [-0.3, -0.25) is 4.79 Å². The van der Waals surface area contributed by atoms with Crippen LogP contribution in [0.1, 0.15) is 32.6 Å². The minimum atomic E-state index is -3.67. The van der Waals surface area contributed by atoms with Crippen LogP contribution in [0.25, 0.3) is 0 Å². The van der Waals surface area contributed by atoms with Crippen molar-refractivity contribution >= 4 is 15.7 Å². The van der Waals surface area contributed by atoms with Crippen molar-refractivity contribution < 1.29 is 22.3 Å². The van der Waals surface area contributed by atoms with Gasteiger partial charge in [0.2, 0.25) is 5.91 Å². The van der Waals surface area contributed by atoms with Crippen molar-refractivity contribution in [1.29, 1.82) is 0 Å². The number of hydrogen-bond acceptors (Lipinski definition) is 5. The van der Waals surface area contributed by atoms with Gasteiger partial charge in [0.1, 0.15) is 5.82 Å². The first kappa shape index (κ1) is 20.8. The molecule has 1 unspecified atom stereocenters. The highest BCUT2D eigenvalue weighted by Crippen LogP contribution is 2.21. The lowest BCUT2D eigenvalue weighted by atomic mass is 10.1. The van der Waals surface area contributed by atoms with Crippen molar-refractivity contribution in [2.24, 2.45) is 5.73 Å². The molecule has 1 fully saturated rings. The van der Waals surface area contributed by atoms with E-state index in [1.54, 1.807) is 4.90 Å². The number of piperidine rings is 1. The molecule has 0 radical (unpaired) electrons. The lowest BCUT2D eigenvalue weighted by molar-refractivity contribution is -0.133. The lowest BCUT2D eigenvalue weighted by Gasteiger charge is -2.32. The van der Waals surface area contributed by atoms with Gasteiger partial charge in [-0.1, -0.05) is 0 Å². The van der Waals surface area contributed by atoms with Crippen molar-refractivity contribution in [3.63, 3.8) is 0 Å². The Bertz CT molecular complexity index is 686. The number of ether oxygens (including phenoxy) is 1. The minimum absolute atomic E-state index is 0.0335. The standard InChI is InChI=1S/C18H27FN2O4S/c1-14(26(23,24)17-5-3-15(19)4-6-17)13-18(22)21-10-7-16(8-11-21)25-12-2-9-20/h3-6,14,16H,2,7-13,20H2,1H3. The summed E-state index contributed by atoms with van der Waals surface area (Å²) in [6.45, 7) is 3.87. The number of carbonyl (C=O) groups excluding carboxylic acids is 1. The predicted molar refractivity (Wildman–Crippen MR) is 96.9 cm³/mol. The highest BCUT2D eigenvalue weighted by atomic mass is 32.2. The summed E-state index contributed by atoms with van der Waals surface area (Å²) in [5.74, 6) is -0.673. The third-order valence-electron chi connectivity index (χ3n) is 4.63. The maximum atomic E-state index is 13.0. The summed E-state index contributed by atoms with van der Waals surface area (Å²) < 4.78 is 43.8. The first-order valence-corrected chi connectivity index (χ1v) is 10.5. The van der Waals surface area contributed by atoms with Crippen molar-refractivity contribution in [1.82, 2.24) is 4.90 Å². The molecule has 2 N–H and O–H groups in total.